The lowest BCUT2D eigenvalue weighted by Crippen LogP contribution is -2.36. The van der Waals surface area contributed by atoms with Crippen LogP contribution in [0.3, 0.4) is 0 Å². The normalized spacial score (nSPS) is 11.7. The number of nitrogens with two attached hydrogens (primary N) is 1. The lowest BCUT2D eigenvalue weighted by molar-refractivity contribution is 0.0743. The van der Waals surface area contributed by atoms with E-state index in [-0.39, 0.29) is 24.0 Å². The average molecular weight is 455 g/mol. The van der Waals surface area contributed by atoms with Crippen molar-refractivity contribution in [1.82, 2.24) is 14.6 Å². The maximum absolute atomic E-state index is 12.7. The van der Waals surface area contributed by atoms with Crippen LogP contribution in [-0.2, 0) is 19.0 Å². The molecule has 0 aliphatic carbocycles. The topological polar surface area (TPSA) is 73.4 Å². The molecule has 0 aliphatic rings. The van der Waals surface area contributed by atoms with Crippen molar-refractivity contribution in [2.75, 3.05) is 0 Å². The number of hydrazine groups is 1. The minimum atomic E-state index is -0.313. The van der Waals surface area contributed by atoms with Crippen LogP contribution in [0.1, 0.15) is 56.4 Å². The predicted octanol–water partition coefficient (Wildman–Crippen LogP) is 5.34. The second kappa shape index (κ2) is 9.35. The Morgan fingerprint density at radius 3 is 2.38 bits per heavy atom. The van der Waals surface area contributed by atoms with Crippen molar-refractivity contribution in [3.05, 3.63) is 70.6 Å². The number of hydrogen-bond acceptors (Lipinski definition) is 4. The second-order valence-electron chi connectivity index (χ2n) is 9.25. The van der Waals surface area contributed by atoms with Crippen LogP contribution in [0.2, 0.25) is 5.02 Å². The number of amides is 1. The Balaban J connectivity index is 1.70. The summed E-state index contributed by atoms with van der Waals surface area (Å²) < 4.78 is 7.68. The van der Waals surface area contributed by atoms with Gasteiger partial charge in [0, 0.05) is 29.8 Å². The molecule has 7 heteroatoms. The Hall–Kier alpha value is -2.83. The van der Waals surface area contributed by atoms with Gasteiger partial charge in [-0.1, -0.05) is 56.6 Å². The number of aryl methyl sites for hydroxylation is 1. The molecule has 0 saturated carbocycles. The van der Waals surface area contributed by atoms with E-state index in [9.17, 15) is 4.79 Å². The van der Waals surface area contributed by atoms with Gasteiger partial charge < -0.3 is 9.30 Å². The first-order chi connectivity index (χ1) is 15.0. The van der Waals surface area contributed by atoms with Gasteiger partial charge in [-0.05, 0) is 37.6 Å². The number of carbonyl (C=O) groups is 1. The van der Waals surface area contributed by atoms with Crippen molar-refractivity contribution < 1.29 is 9.53 Å². The van der Waals surface area contributed by atoms with E-state index in [0.29, 0.717) is 16.3 Å². The summed E-state index contributed by atoms with van der Waals surface area (Å²) >= 11 is 6.25. The zero-order chi connectivity index (χ0) is 23.6. The number of carbonyl (C=O) groups excluding carboxylic acids is 1. The average Bonchev–Trinajstić information content (AvgIpc) is 3.11. The van der Waals surface area contributed by atoms with Gasteiger partial charge in [0.1, 0.15) is 11.6 Å². The van der Waals surface area contributed by atoms with Crippen molar-refractivity contribution >= 4 is 17.5 Å². The van der Waals surface area contributed by atoms with Gasteiger partial charge in [-0.25, -0.2) is 10.8 Å². The van der Waals surface area contributed by atoms with E-state index in [1.807, 2.05) is 51.4 Å². The first-order valence-corrected chi connectivity index (χ1v) is 11.0. The highest BCUT2D eigenvalue weighted by molar-refractivity contribution is 6.32. The molecule has 0 bridgehead atoms. The van der Waals surface area contributed by atoms with Gasteiger partial charge in [-0.2, -0.15) is 0 Å². The molecule has 1 heterocycles. The molecule has 2 aromatic carbocycles. The minimum absolute atomic E-state index is 0.00540. The number of halogens is 1. The monoisotopic (exact) mass is 454 g/mol. The predicted molar refractivity (Wildman–Crippen MR) is 129 cm³/mol. The van der Waals surface area contributed by atoms with E-state index in [4.69, 9.17) is 27.2 Å². The Morgan fingerprint density at radius 2 is 1.84 bits per heavy atom. The van der Waals surface area contributed by atoms with Crippen molar-refractivity contribution in [3.8, 4) is 17.0 Å². The summed E-state index contributed by atoms with van der Waals surface area (Å²) in [6.45, 7) is 10.5. The standard InChI is InChI=1S/C25H31ClN4O2/c1-16(2)32-22-12-11-19(13-20(22)26)23(31)30(27)14-17-7-9-18(10-8-17)21-15-29(6)24(28-21)25(3,4)5/h7-13,15-16H,14,27H2,1-6H3. The van der Waals surface area contributed by atoms with Gasteiger partial charge in [0.05, 0.1) is 23.4 Å². The molecule has 0 spiro atoms. The molecule has 3 rings (SSSR count). The summed E-state index contributed by atoms with van der Waals surface area (Å²) in [6.07, 6.45) is 2.03. The summed E-state index contributed by atoms with van der Waals surface area (Å²) in [6, 6.07) is 12.9. The first-order valence-electron chi connectivity index (χ1n) is 10.6. The van der Waals surface area contributed by atoms with Gasteiger partial charge in [0.25, 0.3) is 5.91 Å². The molecule has 0 unspecified atom stereocenters. The van der Waals surface area contributed by atoms with Crippen LogP contribution in [0, 0.1) is 0 Å². The SMILES string of the molecule is CC(C)Oc1ccc(C(=O)N(N)Cc2ccc(-c3cn(C)c(C(C)(C)C)n3)cc2)cc1Cl. The summed E-state index contributed by atoms with van der Waals surface area (Å²) in [5.74, 6) is 7.32. The molecule has 1 amide bonds. The molecule has 3 aromatic rings. The van der Waals surface area contributed by atoms with Gasteiger partial charge in [0.15, 0.2) is 0 Å². The summed E-state index contributed by atoms with van der Waals surface area (Å²) in [5, 5.41) is 1.56. The molecule has 170 valence electrons. The molecule has 0 aliphatic heterocycles. The molecule has 0 atom stereocenters. The number of benzene rings is 2. The van der Waals surface area contributed by atoms with Crippen LogP contribution in [0.4, 0.5) is 0 Å². The molecule has 0 saturated heterocycles. The van der Waals surface area contributed by atoms with E-state index < -0.39 is 0 Å². The third-order valence-corrected chi connectivity index (χ3v) is 5.25. The van der Waals surface area contributed by atoms with Gasteiger partial charge in [0.2, 0.25) is 0 Å². The van der Waals surface area contributed by atoms with Crippen molar-refractivity contribution in [2.45, 2.75) is 52.7 Å². The highest BCUT2D eigenvalue weighted by Gasteiger charge is 2.21. The van der Waals surface area contributed by atoms with Crippen LogP contribution in [0.25, 0.3) is 11.3 Å². The maximum atomic E-state index is 12.7. The summed E-state index contributed by atoms with van der Waals surface area (Å²) in [4.78, 5) is 17.5. The van der Waals surface area contributed by atoms with Gasteiger partial charge in [-0.3, -0.25) is 9.80 Å². The van der Waals surface area contributed by atoms with Gasteiger partial charge in [-0.15, -0.1) is 0 Å². The quantitative estimate of drug-likeness (QED) is 0.310. The highest BCUT2D eigenvalue weighted by Crippen LogP contribution is 2.28. The fraction of sp³-hybridized carbons (Fsp3) is 0.360. The van der Waals surface area contributed by atoms with Crippen molar-refractivity contribution in [3.63, 3.8) is 0 Å². The van der Waals surface area contributed by atoms with Crippen LogP contribution in [0.5, 0.6) is 5.75 Å². The lowest BCUT2D eigenvalue weighted by Gasteiger charge is -2.18. The van der Waals surface area contributed by atoms with E-state index in [1.54, 1.807) is 18.2 Å². The molecule has 32 heavy (non-hydrogen) atoms. The fourth-order valence-corrected chi connectivity index (χ4v) is 3.73. The maximum Gasteiger partial charge on any atom is 0.268 e. The zero-order valence-electron chi connectivity index (χ0n) is 19.5. The molecular formula is C25H31ClN4O2. The van der Waals surface area contributed by atoms with Crippen LogP contribution in [-0.4, -0.2) is 26.6 Å². The zero-order valence-corrected chi connectivity index (χ0v) is 20.3. The Labute approximate surface area is 194 Å². The third-order valence-electron chi connectivity index (χ3n) is 4.95. The Bertz CT molecular complexity index is 1100. The number of nitrogens with zero attached hydrogens (tertiary/aromatic N) is 3. The Kier molecular flexibility index (Phi) is 6.96. The number of ether oxygens (including phenoxy) is 1. The van der Waals surface area contributed by atoms with E-state index in [2.05, 4.69) is 25.3 Å². The molecule has 0 fully saturated rings. The largest absolute Gasteiger partial charge is 0.489 e. The highest BCUT2D eigenvalue weighted by atomic mass is 35.5. The molecule has 6 nitrogen and oxygen atoms in total. The number of rotatable bonds is 6. The lowest BCUT2D eigenvalue weighted by atomic mass is 9.96. The van der Waals surface area contributed by atoms with E-state index in [1.165, 1.54) is 5.01 Å². The van der Waals surface area contributed by atoms with Crippen LogP contribution in [0.15, 0.2) is 48.7 Å². The number of aromatic nitrogens is 2. The molecule has 2 N–H and O–H groups in total. The fourth-order valence-electron chi connectivity index (χ4n) is 3.50. The molecule has 0 radical (unpaired) electrons. The summed E-state index contributed by atoms with van der Waals surface area (Å²) in [5.41, 5.74) is 3.23. The number of imidazole rings is 1. The molecular weight excluding hydrogens is 424 g/mol. The summed E-state index contributed by atoms with van der Waals surface area (Å²) in [7, 11) is 2.01. The smallest absolute Gasteiger partial charge is 0.268 e. The van der Waals surface area contributed by atoms with Crippen molar-refractivity contribution in [2.24, 2.45) is 12.9 Å². The Morgan fingerprint density at radius 1 is 1.19 bits per heavy atom. The van der Waals surface area contributed by atoms with Crippen LogP contribution < -0.4 is 10.6 Å². The number of hydrogen-bond donors (Lipinski definition) is 1. The third kappa shape index (κ3) is 5.50. The van der Waals surface area contributed by atoms with Crippen LogP contribution >= 0.6 is 11.6 Å². The minimum Gasteiger partial charge on any atom is -0.489 e. The first kappa shape index (κ1) is 23.8. The second-order valence-corrected chi connectivity index (χ2v) is 9.66. The van der Waals surface area contributed by atoms with Crippen molar-refractivity contribution in [1.29, 1.82) is 0 Å². The molecule has 1 aromatic heterocycles. The van der Waals surface area contributed by atoms with E-state index in [0.717, 1.165) is 22.6 Å². The van der Waals surface area contributed by atoms with Gasteiger partial charge >= 0.3 is 0 Å². The van der Waals surface area contributed by atoms with E-state index >= 15 is 0 Å².